The highest BCUT2D eigenvalue weighted by Crippen LogP contribution is 2.32. The van der Waals surface area contributed by atoms with Gasteiger partial charge < -0.3 is 19.1 Å². The SMILES string of the molecule is O=C(CSc1nnc(-c2ccco2)o1)Nc1cc(Cl)ccc1N1CCCC1. The number of thioether (sulfide) groups is 1. The third kappa shape index (κ3) is 4.28. The van der Waals surface area contributed by atoms with E-state index in [0.717, 1.165) is 37.3 Å². The first-order chi connectivity index (χ1) is 13.2. The van der Waals surface area contributed by atoms with Crippen LogP contribution in [0, 0.1) is 0 Å². The van der Waals surface area contributed by atoms with Crippen LogP contribution in [-0.2, 0) is 4.79 Å². The van der Waals surface area contributed by atoms with Gasteiger partial charge >= 0.3 is 0 Å². The summed E-state index contributed by atoms with van der Waals surface area (Å²) in [5, 5.41) is 11.7. The lowest BCUT2D eigenvalue weighted by molar-refractivity contribution is -0.113. The molecule has 0 atom stereocenters. The lowest BCUT2D eigenvalue weighted by Gasteiger charge is -2.21. The molecule has 27 heavy (non-hydrogen) atoms. The molecular weight excluding hydrogens is 388 g/mol. The zero-order chi connectivity index (χ0) is 18.6. The normalized spacial score (nSPS) is 13.9. The Bertz CT molecular complexity index is 923. The Morgan fingerprint density at radius 2 is 2.11 bits per heavy atom. The largest absolute Gasteiger partial charge is 0.459 e. The van der Waals surface area contributed by atoms with Gasteiger partial charge in [0.25, 0.3) is 11.1 Å². The van der Waals surface area contributed by atoms with Crippen LogP contribution in [0.3, 0.4) is 0 Å². The van der Waals surface area contributed by atoms with Crippen molar-refractivity contribution in [2.45, 2.75) is 18.1 Å². The van der Waals surface area contributed by atoms with Gasteiger partial charge in [-0.3, -0.25) is 4.79 Å². The lowest BCUT2D eigenvalue weighted by Crippen LogP contribution is -2.21. The summed E-state index contributed by atoms with van der Waals surface area (Å²) in [7, 11) is 0. The van der Waals surface area contributed by atoms with E-state index >= 15 is 0 Å². The average molecular weight is 405 g/mol. The maximum Gasteiger partial charge on any atom is 0.284 e. The lowest BCUT2D eigenvalue weighted by atomic mass is 10.2. The van der Waals surface area contributed by atoms with Crippen LogP contribution in [0.2, 0.25) is 5.02 Å². The Balaban J connectivity index is 1.39. The Kier molecular flexibility index (Phi) is 5.35. The minimum atomic E-state index is -0.166. The molecule has 140 valence electrons. The summed E-state index contributed by atoms with van der Waals surface area (Å²) in [6.45, 7) is 1.97. The van der Waals surface area contributed by atoms with Crippen molar-refractivity contribution < 1.29 is 13.6 Å². The van der Waals surface area contributed by atoms with Gasteiger partial charge in [-0.2, -0.15) is 0 Å². The van der Waals surface area contributed by atoms with Crippen LogP contribution in [0.15, 0.2) is 50.7 Å². The zero-order valence-electron chi connectivity index (χ0n) is 14.4. The number of halogens is 1. The third-order valence-corrected chi connectivity index (χ3v) is 5.20. The summed E-state index contributed by atoms with van der Waals surface area (Å²) in [6.07, 6.45) is 3.84. The molecule has 0 unspecified atom stereocenters. The second kappa shape index (κ2) is 8.06. The number of nitrogens with one attached hydrogen (secondary N) is 1. The molecule has 7 nitrogen and oxygen atoms in total. The Labute approximate surface area is 165 Å². The summed E-state index contributed by atoms with van der Waals surface area (Å²) in [4.78, 5) is 14.7. The van der Waals surface area contributed by atoms with Gasteiger partial charge in [0, 0.05) is 18.1 Å². The predicted molar refractivity (Wildman–Crippen MR) is 104 cm³/mol. The van der Waals surface area contributed by atoms with Crippen molar-refractivity contribution >= 4 is 40.6 Å². The van der Waals surface area contributed by atoms with Crippen LogP contribution in [-0.4, -0.2) is 34.9 Å². The first-order valence-electron chi connectivity index (χ1n) is 8.53. The van der Waals surface area contributed by atoms with E-state index in [0.29, 0.717) is 16.0 Å². The highest BCUT2D eigenvalue weighted by Gasteiger charge is 2.18. The molecule has 3 aromatic rings. The molecule has 4 rings (SSSR count). The molecule has 3 heterocycles. The van der Waals surface area contributed by atoms with Gasteiger partial charge in [0.1, 0.15) is 0 Å². The fourth-order valence-electron chi connectivity index (χ4n) is 2.92. The first-order valence-corrected chi connectivity index (χ1v) is 9.90. The van der Waals surface area contributed by atoms with Crippen LogP contribution in [0.1, 0.15) is 12.8 Å². The smallest absolute Gasteiger partial charge is 0.284 e. The molecule has 1 aromatic carbocycles. The molecule has 1 aliphatic heterocycles. The number of hydrogen-bond donors (Lipinski definition) is 1. The number of anilines is 2. The monoisotopic (exact) mass is 404 g/mol. The number of benzene rings is 1. The number of carbonyl (C=O) groups is 1. The van der Waals surface area contributed by atoms with Crippen LogP contribution in [0.4, 0.5) is 11.4 Å². The highest BCUT2D eigenvalue weighted by molar-refractivity contribution is 7.99. The molecule has 2 aromatic heterocycles. The van der Waals surface area contributed by atoms with Crippen molar-refractivity contribution in [3.05, 3.63) is 41.6 Å². The number of rotatable bonds is 6. The number of hydrogen-bond acceptors (Lipinski definition) is 7. The van der Waals surface area contributed by atoms with Crippen LogP contribution in [0.25, 0.3) is 11.7 Å². The molecule has 1 amide bonds. The van der Waals surface area contributed by atoms with Gasteiger partial charge in [0.05, 0.1) is 23.4 Å². The number of nitrogens with zero attached hydrogens (tertiary/aromatic N) is 3. The van der Waals surface area contributed by atoms with Crippen molar-refractivity contribution in [2.75, 3.05) is 29.1 Å². The van der Waals surface area contributed by atoms with Crippen LogP contribution >= 0.6 is 23.4 Å². The number of carbonyl (C=O) groups excluding carboxylic acids is 1. The number of furan rings is 1. The fraction of sp³-hybridized carbons (Fsp3) is 0.278. The Morgan fingerprint density at radius 3 is 2.89 bits per heavy atom. The van der Waals surface area contributed by atoms with Crippen molar-refractivity contribution in [3.8, 4) is 11.7 Å². The second-order valence-electron chi connectivity index (χ2n) is 6.04. The molecule has 0 radical (unpaired) electrons. The topological polar surface area (TPSA) is 84.4 Å². The van der Waals surface area contributed by atoms with Gasteiger partial charge in [-0.25, -0.2) is 0 Å². The molecule has 0 aliphatic carbocycles. The Hall–Kier alpha value is -2.45. The van der Waals surface area contributed by atoms with Crippen molar-refractivity contribution in [2.24, 2.45) is 0 Å². The van der Waals surface area contributed by atoms with Gasteiger partial charge in [-0.05, 0) is 43.2 Å². The summed E-state index contributed by atoms with van der Waals surface area (Å²) in [5.74, 6) is 0.758. The van der Waals surface area contributed by atoms with Gasteiger partial charge in [-0.15, -0.1) is 10.2 Å². The molecule has 0 saturated carbocycles. The van der Waals surface area contributed by atoms with E-state index in [4.69, 9.17) is 20.4 Å². The predicted octanol–water partition coefficient (Wildman–Crippen LogP) is 4.31. The minimum absolute atomic E-state index is 0.145. The standard InChI is InChI=1S/C18H17ClN4O3S/c19-12-5-6-14(23-7-1-2-8-23)13(10-12)20-16(24)11-27-18-22-21-17(26-18)15-4-3-9-25-15/h3-6,9-10H,1-2,7-8,11H2,(H,20,24). The quantitative estimate of drug-likeness (QED) is 0.612. The molecule has 1 N–H and O–H groups in total. The highest BCUT2D eigenvalue weighted by atomic mass is 35.5. The van der Waals surface area contributed by atoms with Crippen molar-refractivity contribution in [1.29, 1.82) is 0 Å². The van der Waals surface area contributed by atoms with Crippen molar-refractivity contribution in [3.63, 3.8) is 0 Å². The van der Waals surface area contributed by atoms with E-state index in [2.05, 4.69) is 20.4 Å². The molecule has 1 aliphatic rings. The minimum Gasteiger partial charge on any atom is -0.459 e. The fourth-order valence-corrected chi connectivity index (χ4v) is 3.66. The molecule has 0 bridgehead atoms. The molecule has 0 spiro atoms. The van der Waals surface area contributed by atoms with E-state index in [1.165, 1.54) is 18.0 Å². The third-order valence-electron chi connectivity index (χ3n) is 4.14. The summed E-state index contributed by atoms with van der Waals surface area (Å²) in [5.41, 5.74) is 1.71. The maximum absolute atomic E-state index is 12.4. The van der Waals surface area contributed by atoms with E-state index in [1.807, 2.05) is 12.1 Å². The number of amides is 1. The van der Waals surface area contributed by atoms with Crippen LogP contribution < -0.4 is 10.2 Å². The summed E-state index contributed by atoms with van der Waals surface area (Å²) in [6, 6.07) is 9.04. The molecular formula is C18H17ClN4O3S. The molecule has 1 fully saturated rings. The molecule has 9 heteroatoms. The van der Waals surface area contributed by atoms with Gasteiger partial charge in [-0.1, -0.05) is 23.4 Å². The Morgan fingerprint density at radius 1 is 1.26 bits per heavy atom. The van der Waals surface area contributed by atoms with Crippen LogP contribution in [0.5, 0.6) is 0 Å². The van der Waals surface area contributed by atoms with Crippen molar-refractivity contribution in [1.82, 2.24) is 10.2 Å². The van der Waals surface area contributed by atoms with E-state index < -0.39 is 0 Å². The van der Waals surface area contributed by atoms with E-state index in [-0.39, 0.29) is 17.6 Å². The molecule has 1 saturated heterocycles. The number of aromatic nitrogens is 2. The average Bonchev–Trinajstić information content (AvgIpc) is 3.41. The second-order valence-corrected chi connectivity index (χ2v) is 7.41. The van der Waals surface area contributed by atoms with Gasteiger partial charge in [0.15, 0.2) is 5.76 Å². The van der Waals surface area contributed by atoms with E-state index in [1.54, 1.807) is 18.2 Å². The van der Waals surface area contributed by atoms with E-state index in [9.17, 15) is 4.79 Å². The summed E-state index contributed by atoms with van der Waals surface area (Å²) >= 11 is 7.28. The zero-order valence-corrected chi connectivity index (χ0v) is 15.9. The maximum atomic E-state index is 12.4. The summed E-state index contributed by atoms with van der Waals surface area (Å²) < 4.78 is 10.7. The first kappa shape index (κ1) is 17.9. The van der Waals surface area contributed by atoms with Gasteiger partial charge in [0.2, 0.25) is 5.91 Å².